The van der Waals surface area contributed by atoms with Crippen LogP contribution >= 0.6 is 0 Å². The Kier molecular flexibility index (Phi) is 7.35. The molecule has 3 rings (SSSR count). The lowest BCUT2D eigenvalue weighted by Crippen LogP contribution is -2.43. The smallest absolute Gasteiger partial charge is 0.281 e. The van der Waals surface area contributed by atoms with Crippen molar-refractivity contribution in [1.82, 2.24) is 5.43 Å². The minimum Gasteiger partial charge on any atom is -0.493 e. The van der Waals surface area contributed by atoms with E-state index in [1.165, 1.54) is 27.5 Å². The molecule has 0 aromatic heterocycles. The number of ether oxygens (including phenoxy) is 3. The fourth-order valence-corrected chi connectivity index (χ4v) is 3.59. The van der Waals surface area contributed by atoms with E-state index < -0.39 is 11.5 Å². The molecule has 0 aliphatic carbocycles. The number of rotatable bonds is 8. The van der Waals surface area contributed by atoms with Gasteiger partial charge in [-0.2, -0.15) is 5.10 Å². The molecule has 0 saturated carbocycles. The maximum absolute atomic E-state index is 13.3. The Labute approximate surface area is 193 Å². The molecule has 0 bridgehead atoms. The standard InChI is InChI=1S/C26H28N2O5/c1-17-8-6-10-20(12-17)26(30,21-11-7-9-18(2)13-21)25(29)28-27-16-19-14-22(31-3)24(33-5)23(15-19)32-4/h6-16,30H,1-5H3,(H,28,29)/b27-16-. The van der Waals surface area contributed by atoms with Crippen molar-refractivity contribution in [2.75, 3.05) is 21.3 Å². The van der Waals surface area contributed by atoms with Crippen LogP contribution in [0.25, 0.3) is 0 Å². The van der Waals surface area contributed by atoms with Crippen LogP contribution in [0.2, 0.25) is 0 Å². The van der Waals surface area contributed by atoms with Gasteiger partial charge in [-0.3, -0.25) is 4.79 Å². The molecule has 1 amide bonds. The Morgan fingerprint density at radius 2 is 1.39 bits per heavy atom. The number of amides is 1. The molecule has 7 heteroatoms. The van der Waals surface area contributed by atoms with Crippen molar-refractivity contribution in [1.29, 1.82) is 0 Å². The molecular formula is C26H28N2O5. The number of nitrogens with zero attached hydrogens (tertiary/aromatic N) is 1. The third kappa shape index (κ3) is 4.99. The fraction of sp³-hybridized carbons (Fsp3) is 0.231. The molecular weight excluding hydrogens is 420 g/mol. The van der Waals surface area contributed by atoms with Crippen molar-refractivity contribution < 1.29 is 24.1 Å². The second kappa shape index (κ2) is 10.2. The average molecular weight is 449 g/mol. The predicted octanol–water partition coefficient (Wildman–Crippen LogP) is 3.72. The van der Waals surface area contributed by atoms with Crippen LogP contribution in [0.4, 0.5) is 0 Å². The maximum Gasteiger partial charge on any atom is 0.281 e. The molecule has 0 atom stereocenters. The third-order valence-electron chi connectivity index (χ3n) is 5.27. The molecule has 0 aliphatic heterocycles. The zero-order valence-electron chi connectivity index (χ0n) is 19.4. The van der Waals surface area contributed by atoms with Gasteiger partial charge in [-0.05, 0) is 37.1 Å². The molecule has 3 aromatic carbocycles. The highest BCUT2D eigenvalue weighted by molar-refractivity contribution is 5.91. The molecule has 0 radical (unpaired) electrons. The largest absolute Gasteiger partial charge is 0.493 e. The van der Waals surface area contributed by atoms with Gasteiger partial charge < -0.3 is 19.3 Å². The van der Waals surface area contributed by atoms with Crippen LogP contribution in [-0.4, -0.2) is 38.6 Å². The predicted molar refractivity (Wildman–Crippen MR) is 127 cm³/mol. The molecule has 0 aliphatic rings. The summed E-state index contributed by atoms with van der Waals surface area (Å²) in [4.78, 5) is 13.3. The van der Waals surface area contributed by atoms with Gasteiger partial charge in [0.2, 0.25) is 5.75 Å². The van der Waals surface area contributed by atoms with Crippen LogP contribution in [-0.2, 0) is 10.4 Å². The highest BCUT2D eigenvalue weighted by Gasteiger charge is 2.40. The van der Waals surface area contributed by atoms with E-state index in [1.54, 1.807) is 48.5 Å². The van der Waals surface area contributed by atoms with E-state index in [4.69, 9.17) is 14.2 Å². The Bertz CT molecular complexity index is 1100. The van der Waals surface area contributed by atoms with Crippen LogP contribution in [0, 0.1) is 13.8 Å². The van der Waals surface area contributed by atoms with Gasteiger partial charge in [0.05, 0.1) is 27.5 Å². The number of hydrogen-bond acceptors (Lipinski definition) is 6. The Hall–Kier alpha value is -3.84. The lowest BCUT2D eigenvalue weighted by atomic mass is 9.84. The summed E-state index contributed by atoms with van der Waals surface area (Å²) in [5, 5.41) is 15.7. The van der Waals surface area contributed by atoms with E-state index in [-0.39, 0.29) is 0 Å². The van der Waals surface area contributed by atoms with E-state index in [1.807, 2.05) is 26.0 Å². The van der Waals surface area contributed by atoms with Gasteiger partial charge in [-0.1, -0.05) is 59.7 Å². The number of carbonyl (C=O) groups is 1. The molecule has 2 N–H and O–H groups in total. The van der Waals surface area contributed by atoms with E-state index >= 15 is 0 Å². The molecule has 33 heavy (non-hydrogen) atoms. The normalized spacial score (nSPS) is 11.3. The number of methoxy groups -OCH3 is 3. The van der Waals surface area contributed by atoms with Gasteiger partial charge in [-0.25, -0.2) is 5.43 Å². The van der Waals surface area contributed by atoms with Crippen LogP contribution in [0.1, 0.15) is 27.8 Å². The Morgan fingerprint density at radius 1 is 0.879 bits per heavy atom. The Balaban J connectivity index is 1.95. The molecule has 0 fully saturated rings. The number of nitrogens with one attached hydrogen (secondary N) is 1. The third-order valence-corrected chi connectivity index (χ3v) is 5.27. The zero-order valence-corrected chi connectivity index (χ0v) is 19.4. The van der Waals surface area contributed by atoms with Crippen LogP contribution in [0.15, 0.2) is 65.8 Å². The van der Waals surface area contributed by atoms with E-state index in [2.05, 4.69) is 10.5 Å². The van der Waals surface area contributed by atoms with Crippen molar-refractivity contribution >= 4 is 12.1 Å². The first-order valence-corrected chi connectivity index (χ1v) is 10.3. The summed E-state index contributed by atoms with van der Waals surface area (Å²) in [6.07, 6.45) is 1.44. The van der Waals surface area contributed by atoms with Crippen LogP contribution in [0.5, 0.6) is 17.2 Å². The number of aliphatic hydroxyl groups is 1. The van der Waals surface area contributed by atoms with Gasteiger partial charge in [0, 0.05) is 5.56 Å². The number of hydrogen-bond donors (Lipinski definition) is 2. The van der Waals surface area contributed by atoms with E-state index in [0.717, 1.165) is 11.1 Å². The van der Waals surface area contributed by atoms with Gasteiger partial charge in [0.1, 0.15) is 0 Å². The molecule has 0 spiro atoms. The molecule has 0 heterocycles. The SMILES string of the molecule is COc1cc(/C=N\NC(=O)C(O)(c2cccc(C)c2)c2cccc(C)c2)cc(OC)c1OC. The van der Waals surface area contributed by atoms with Crippen molar-refractivity contribution in [3.63, 3.8) is 0 Å². The lowest BCUT2D eigenvalue weighted by molar-refractivity contribution is -0.136. The highest BCUT2D eigenvalue weighted by Crippen LogP contribution is 2.37. The summed E-state index contributed by atoms with van der Waals surface area (Å²) in [6.45, 7) is 3.81. The van der Waals surface area contributed by atoms with Crippen molar-refractivity contribution in [2.24, 2.45) is 5.10 Å². The summed E-state index contributed by atoms with van der Waals surface area (Å²) < 4.78 is 16.0. The van der Waals surface area contributed by atoms with Gasteiger partial charge in [0.15, 0.2) is 17.1 Å². The fourth-order valence-electron chi connectivity index (χ4n) is 3.59. The minimum atomic E-state index is -1.93. The summed E-state index contributed by atoms with van der Waals surface area (Å²) in [7, 11) is 4.55. The van der Waals surface area contributed by atoms with E-state index in [9.17, 15) is 9.90 Å². The first-order valence-electron chi connectivity index (χ1n) is 10.3. The van der Waals surface area contributed by atoms with Crippen LogP contribution in [0.3, 0.4) is 0 Å². The lowest BCUT2D eigenvalue weighted by Gasteiger charge is -2.27. The molecule has 172 valence electrons. The highest BCUT2D eigenvalue weighted by atomic mass is 16.5. The van der Waals surface area contributed by atoms with Crippen molar-refractivity contribution in [3.8, 4) is 17.2 Å². The second-order valence-electron chi connectivity index (χ2n) is 7.61. The monoisotopic (exact) mass is 448 g/mol. The molecule has 7 nitrogen and oxygen atoms in total. The molecule has 0 unspecified atom stereocenters. The number of hydrazone groups is 1. The minimum absolute atomic E-state index is 0.452. The van der Waals surface area contributed by atoms with Gasteiger partial charge >= 0.3 is 0 Å². The number of carbonyl (C=O) groups excluding carboxylic acids is 1. The summed E-state index contributed by atoms with van der Waals surface area (Å²) >= 11 is 0. The summed E-state index contributed by atoms with van der Waals surface area (Å²) in [5.41, 5.74) is 3.92. The molecule has 0 saturated heterocycles. The quantitative estimate of drug-likeness (QED) is 0.405. The summed E-state index contributed by atoms with van der Waals surface area (Å²) in [5.74, 6) is 0.693. The van der Waals surface area contributed by atoms with E-state index in [0.29, 0.717) is 33.9 Å². The first-order chi connectivity index (χ1) is 15.8. The number of aryl methyl sites for hydroxylation is 2. The average Bonchev–Trinajstić information content (AvgIpc) is 2.82. The Morgan fingerprint density at radius 3 is 1.82 bits per heavy atom. The maximum atomic E-state index is 13.3. The van der Waals surface area contributed by atoms with Crippen molar-refractivity contribution in [2.45, 2.75) is 19.4 Å². The number of benzene rings is 3. The van der Waals surface area contributed by atoms with Gasteiger partial charge in [0.25, 0.3) is 5.91 Å². The molecule has 3 aromatic rings. The van der Waals surface area contributed by atoms with Crippen LogP contribution < -0.4 is 19.6 Å². The van der Waals surface area contributed by atoms with Gasteiger partial charge in [-0.15, -0.1) is 0 Å². The zero-order chi connectivity index (χ0) is 24.0. The summed E-state index contributed by atoms with van der Waals surface area (Å²) in [6, 6.07) is 17.8. The first kappa shape index (κ1) is 23.8. The topological polar surface area (TPSA) is 89.4 Å². The van der Waals surface area contributed by atoms with Crippen molar-refractivity contribution in [3.05, 3.63) is 88.5 Å². The second-order valence-corrected chi connectivity index (χ2v) is 7.61.